The summed E-state index contributed by atoms with van der Waals surface area (Å²) >= 11 is 0. The predicted molar refractivity (Wildman–Crippen MR) is 128 cm³/mol. The van der Waals surface area contributed by atoms with Gasteiger partial charge in [0.1, 0.15) is 0 Å². The Morgan fingerprint density at radius 2 is 1.58 bits per heavy atom. The molecule has 0 bridgehead atoms. The third-order valence-electron chi connectivity index (χ3n) is 5.69. The molecule has 0 N–H and O–H groups in total. The number of amides is 1. The molecule has 184 valence electrons. The number of hydrogen-bond acceptors (Lipinski definition) is 3. The van der Waals surface area contributed by atoms with Gasteiger partial charge in [0, 0.05) is 42.7 Å². The lowest BCUT2D eigenvalue weighted by molar-refractivity contribution is -0.384. The zero-order chi connectivity index (χ0) is 25.7. The van der Waals surface area contributed by atoms with Crippen LogP contribution >= 0.6 is 0 Å². The van der Waals surface area contributed by atoms with Crippen molar-refractivity contribution in [3.63, 3.8) is 0 Å². The summed E-state index contributed by atoms with van der Waals surface area (Å²) in [6.07, 6.45) is -2.69. The molecule has 0 spiro atoms. The van der Waals surface area contributed by atoms with Gasteiger partial charge in [0.05, 0.1) is 17.0 Å². The second-order valence-corrected chi connectivity index (χ2v) is 8.28. The lowest BCUT2D eigenvalue weighted by Crippen LogP contribution is -2.31. The highest BCUT2D eigenvalue weighted by Crippen LogP contribution is 2.30. The average Bonchev–Trinajstić information content (AvgIpc) is 3.30. The Morgan fingerprint density at radius 3 is 2.31 bits per heavy atom. The summed E-state index contributed by atoms with van der Waals surface area (Å²) in [5.41, 5.74) is 1.32. The molecule has 0 aliphatic rings. The fourth-order valence-corrected chi connectivity index (χ4v) is 3.92. The van der Waals surface area contributed by atoms with E-state index >= 15 is 0 Å². The number of rotatable bonds is 8. The Morgan fingerprint density at radius 1 is 0.861 bits per heavy atom. The van der Waals surface area contributed by atoms with E-state index < -0.39 is 22.6 Å². The van der Waals surface area contributed by atoms with Crippen LogP contribution in [-0.4, -0.2) is 20.3 Å². The van der Waals surface area contributed by atoms with Gasteiger partial charge in [-0.25, -0.2) is 0 Å². The number of nitro groups is 1. The molecule has 0 saturated carbocycles. The van der Waals surface area contributed by atoms with Crippen LogP contribution in [0.4, 0.5) is 18.9 Å². The van der Waals surface area contributed by atoms with Crippen molar-refractivity contribution in [3.05, 3.63) is 135 Å². The smallest absolute Gasteiger partial charge is 0.345 e. The molecule has 0 fully saturated rings. The molecule has 1 amide bonds. The first-order valence-electron chi connectivity index (χ1n) is 11.1. The number of alkyl halides is 3. The highest BCUT2D eigenvalue weighted by molar-refractivity contribution is 5.94. The van der Waals surface area contributed by atoms with Crippen LogP contribution in [0.15, 0.2) is 97.2 Å². The van der Waals surface area contributed by atoms with Crippen molar-refractivity contribution in [2.45, 2.75) is 25.8 Å². The maximum absolute atomic E-state index is 13.4. The summed E-state index contributed by atoms with van der Waals surface area (Å²) in [4.78, 5) is 25.7. The van der Waals surface area contributed by atoms with E-state index in [2.05, 4.69) is 0 Å². The summed E-state index contributed by atoms with van der Waals surface area (Å²) in [5.74, 6) is -0.394. The summed E-state index contributed by atoms with van der Waals surface area (Å²) in [6, 6.07) is 23.5. The Kier molecular flexibility index (Phi) is 7.19. The van der Waals surface area contributed by atoms with Crippen LogP contribution in [-0.2, 0) is 25.8 Å². The van der Waals surface area contributed by atoms with Gasteiger partial charge in [-0.3, -0.25) is 14.9 Å². The first kappa shape index (κ1) is 24.7. The summed E-state index contributed by atoms with van der Waals surface area (Å²) in [7, 11) is 0. The van der Waals surface area contributed by atoms with Crippen molar-refractivity contribution in [1.29, 1.82) is 0 Å². The molecule has 1 heterocycles. The van der Waals surface area contributed by atoms with E-state index in [0.29, 0.717) is 11.3 Å². The van der Waals surface area contributed by atoms with Gasteiger partial charge in [-0.05, 0) is 41.5 Å². The number of nitro benzene ring substituents is 1. The van der Waals surface area contributed by atoms with Crippen LogP contribution in [0.3, 0.4) is 0 Å². The first-order chi connectivity index (χ1) is 17.2. The van der Waals surface area contributed by atoms with Gasteiger partial charge in [0.15, 0.2) is 0 Å². The SMILES string of the molecule is O=C(c1cccc([N+](=O)[O-])c1)N(Cc1ccccc1)Cc1cccn1Cc1cccc(C(F)(F)F)c1. The van der Waals surface area contributed by atoms with Crippen molar-refractivity contribution in [2.24, 2.45) is 0 Å². The molecule has 3 aromatic carbocycles. The minimum absolute atomic E-state index is 0.155. The van der Waals surface area contributed by atoms with Gasteiger partial charge >= 0.3 is 6.18 Å². The molecular formula is C27H22F3N3O3. The molecule has 0 atom stereocenters. The molecule has 1 aromatic heterocycles. The van der Waals surface area contributed by atoms with Crippen molar-refractivity contribution in [1.82, 2.24) is 9.47 Å². The average molecular weight is 493 g/mol. The van der Waals surface area contributed by atoms with Gasteiger partial charge in [-0.1, -0.05) is 48.5 Å². The van der Waals surface area contributed by atoms with E-state index in [9.17, 15) is 28.1 Å². The minimum atomic E-state index is -4.44. The standard InChI is InChI=1S/C27H22F3N3O3/c28-27(29,30)23-11-4-9-21(15-23)18-31-14-6-13-25(31)19-32(17-20-7-2-1-3-8-20)26(34)22-10-5-12-24(16-22)33(35)36/h1-16H,17-19H2. The van der Waals surface area contributed by atoms with E-state index in [1.54, 1.807) is 33.9 Å². The Hall–Kier alpha value is -4.40. The van der Waals surface area contributed by atoms with E-state index in [0.717, 1.165) is 17.7 Å². The number of benzene rings is 3. The first-order valence-corrected chi connectivity index (χ1v) is 11.1. The van der Waals surface area contributed by atoms with Crippen LogP contribution in [0.25, 0.3) is 0 Å². The lowest BCUT2D eigenvalue weighted by atomic mass is 10.1. The van der Waals surface area contributed by atoms with E-state index in [4.69, 9.17) is 0 Å². The molecule has 4 rings (SSSR count). The number of halogens is 3. The molecular weight excluding hydrogens is 471 g/mol. The van der Waals surface area contributed by atoms with Crippen molar-refractivity contribution < 1.29 is 22.9 Å². The maximum Gasteiger partial charge on any atom is 0.416 e. The Labute approximate surface area is 205 Å². The zero-order valence-corrected chi connectivity index (χ0v) is 19.1. The summed E-state index contributed by atoms with van der Waals surface area (Å²) < 4.78 is 41.2. The quantitative estimate of drug-likeness (QED) is 0.214. The highest BCUT2D eigenvalue weighted by Gasteiger charge is 2.30. The van der Waals surface area contributed by atoms with E-state index in [1.165, 1.54) is 30.3 Å². The highest BCUT2D eigenvalue weighted by atomic mass is 19.4. The van der Waals surface area contributed by atoms with Crippen LogP contribution in [0, 0.1) is 10.1 Å². The second kappa shape index (κ2) is 10.5. The zero-order valence-electron chi connectivity index (χ0n) is 19.1. The molecule has 0 radical (unpaired) electrons. The molecule has 4 aromatic rings. The number of nitrogens with zero attached hydrogens (tertiary/aromatic N) is 3. The van der Waals surface area contributed by atoms with E-state index in [1.807, 2.05) is 30.3 Å². The predicted octanol–water partition coefficient (Wildman–Crippen LogP) is 6.31. The second-order valence-electron chi connectivity index (χ2n) is 8.28. The molecule has 0 saturated heterocycles. The number of carbonyl (C=O) groups is 1. The van der Waals surface area contributed by atoms with Gasteiger partial charge in [-0.2, -0.15) is 13.2 Å². The molecule has 36 heavy (non-hydrogen) atoms. The normalized spacial score (nSPS) is 11.3. The van der Waals surface area contributed by atoms with E-state index in [-0.39, 0.29) is 30.9 Å². The van der Waals surface area contributed by atoms with Crippen molar-refractivity contribution in [3.8, 4) is 0 Å². The largest absolute Gasteiger partial charge is 0.416 e. The molecule has 0 aliphatic heterocycles. The fourth-order valence-electron chi connectivity index (χ4n) is 3.92. The van der Waals surface area contributed by atoms with Crippen LogP contribution in [0.5, 0.6) is 0 Å². The van der Waals surface area contributed by atoms with Crippen LogP contribution in [0.2, 0.25) is 0 Å². The fraction of sp³-hybridized carbons (Fsp3) is 0.148. The summed E-state index contributed by atoms with van der Waals surface area (Å²) in [6.45, 7) is 0.593. The van der Waals surface area contributed by atoms with Crippen LogP contribution in [0.1, 0.15) is 32.7 Å². The number of carbonyl (C=O) groups excluding carboxylic acids is 1. The third kappa shape index (κ3) is 5.99. The maximum atomic E-state index is 13.4. The Bertz CT molecular complexity index is 1370. The Balaban J connectivity index is 1.62. The minimum Gasteiger partial charge on any atom is -0.345 e. The molecule has 6 nitrogen and oxygen atoms in total. The van der Waals surface area contributed by atoms with Crippen LogP contribution < -0.4 is 0 Å². The van der Waals surface area contributed by atoms with Gasteiger partial charge in [-0.15, -0.1) is 0 Å². The van der Waals surface area contributed by atoms with Gasteiger partial charge in [0.2, 0.25) is 0 Å². The lowest BCUT2D eigenvalue weighted by Gasteiger charge is -2.24. The summed E-state index contributed by atoms with van der Waals surface area (Å²) in [5, 5.41) is 11.2. The number of aromatic nitrogens is 1. The molecule has 0 unspecified atom stereocenters. The third-order valence-corrected chi connectivity index (χ3v) is 5.69. The van der Waals surface area contributed by atoms with Gasteiger partial charge < -0.3 is 9.47 Å². The molecule has 0 aliphatic carbocycles. The molecule has 9 heteroatoms. The topological polar surface area (TPSA) is 68.4 Å². The van der Waals surface area contributed by atoms with Crippen molar-refractivity contribution >= 4 is 11.6 Å². The number of non-ortho nitro benzene ring substituents is 1. The van der Waals surface area contributed by atoms with Crippen molar-refractivity contribution in [2.75, 3.05) is 0 Å². The van der Waals surface area contributed by atoms with Gasteiger partial charge in [0.25, 0.3) is 11.6 Å². The monoisotopic (exact) mass is 493 g/mol. The number of hydrogen-bond donors (Lipinski definition) is 0.